The number of halogens is 1. The Morgan fingerprint density at radius 3 is 2.66 bits per heavy atom. The summed E-state index contributed by atoms with van der Waals surface area (Å²) in [5.41, 5.74) is 1.61. The number of carbonyl (C=O) groups excluding carboxylic acids is 1. The summed E-state index contributed by atoms with van der Waals surface area (Å²) in [6.07, 6.45) is 5.09. The van der Waals surface area contributed by atoms with Crippen molar-refractivity contribution in [3.05, 3.63) is 66.0 Å². The Morgan fingerprint density at radius 1 is 1.09 bits per heavy atom. The van der Waals surface area contributed by atoms with Gasteiger partial charge < -0.3 is 9.47 Å². The molecular weight excluding hydrogens is 423 g/mol. The summed E-state index contributed by atoms with van der Waals surface area (Å²) in [5, 5.41) is 9.30. The lowest BCUT2D eigenvalue weighted by Gasteiger charge is -2.35. The number of piperidine rings is 1. The predicted molar refractivity (Wildman–Crippen MR) is 126 cm³/mol. The highest BCUT2D eigenvalue weighted by molar-refractivity contribution is 7.99. The van der Waals surface area contributed by atoms with E-state index in [4.69, 9.17) is 0 Å². The zero-order chi connectivity index (χ0) is 22.3. The van der Waals surface area contributed by atoms with Gasteiger partial charge in [-0.05, 0) is 49.8 Å². The Balaban J connectivity index is 1.54. The lowest BCUT2D eigenvalue weighted by atomic mass is 10.0. The van der Waals surface area contributed by atoms with E-state index in [0.29, 0.717) is 34.9 Å². The molecule has 0 N–H and O–H groups in total. The molecule has 32 heavy (non-hydrogen) atoms. The highest BCUT2D eigenvalue weighted by Gasteiger charge is 2.26. The monoisotopic (exact) mass is 452 g/mol. The SMILES string of the molecule is CC[C@@H]1CCCCN1C(=O)CSc1nnc(-c2ccccc2F)n1CCc1ccccc1. The van der Waals surface area contributed by atoms with Gasteiger partial charge in [0.05, 0.1) is 11.3 Å². The Labute approximate surface area is 193 Å². The van der Waals surface area contributed by atoms with E-state index in [1.165, 1.54) is 29.8 Å². The molecule has 1 amide bonds. The number of aryl methyl sites for hydroxylation is 1. The third kappa shape index (κ3) is 5.21. The molecule has 4 rings (SSSR count). The van der Waals surface area contributed by atoms with E-state index in [1.54, 1.807) is 18.2 Å². The van der Waals surface area contributed by atoms with Gasteiger partial charge >= 0.3 is 0 Å². The predicted octanol–water partition coefficient (Wildman–Crippen LogP) is 5.21. The summed E-state index contributed by atoms with van der Waals surface area (Å²) in [6, 6.07) is 17.1. The van der Waals surface area contributed by atoms with E-state index in [-0.39, 0.29) is 11.7 Å². The fourth-order valence-electron chi connectivity index (χ4n) is 4.29. The molecule has 2 aromatic carbocycles. The summed E-state index contributed by atoms with van der Waals surface area (Å²) in [5.74, 6) is 0.634. The van der Waals surface area contributed by atoms with E-state index in [2.05, 4.69) is 29.3 Å². The second-order valence-corrected chi connectivity index (χ2v) is 9.05. The molecule has 0 unspecified atom stereocenters. The van der Waals surface area contributed by atoms with E-state index in [1.807, 2.05) is 27.7 Å². The molecule has 1 aliphatic heterocycles. The minimum atomic E-state index is -0.326. The average Bonchev–Trinajstić information content (AvgIpc) is 3.24. The smallest absolute Gasteiger partial charge is 0.233 e. The molecule has 7 heteroatoms. The minimum Gasteiger partial charge on any atom is -0.339 e. The number of benzene rings is 2. The molecule has 1 aromatic heterocycles. The number of likely N-dealkylation sites (tertiary alicyclic amines) is 1. The van der Waals surface area contributed by atoms with Crippen molar-refractivity contribution in [2.75, 3.05) is 12.3 Å². The summed E-state index contributed by atoms with van der Waals surface area (Å²) in [6.45, 7) is 3.59. The maximum atomic E-state index is 14.5. The van der Waals surface area contributed by atoms with E-state index in [0.717, 1.165) is 32.2 Å². The maximum Gasteiger partial charge on any atom is 0.233 e. The number of thioether (sulfide) groups is 1. The van der Waals surface area contributed by atoms with Crippen LogP contribution in [0.2, 0.25) is 0 Å². The quantitative estimate of drug-likeness (QED) is 0.440. The number of hydrogen-bond donors (Lipinski definition) is 0. The highest BCUT2D eigenvalue weighted by atomic mass is 32.2. The van der Waals surface area contributed by atoms with Gasteiger partial charge in [0.25, 0.3) is 0 Å². The molecule has 168 valence electrons. The standard InChI is InChI=1S/C25H29FN4OS/c1-2-20-12-8-9-16-29(20)23(31)18-32-25-28-27-24(21-13-6-7-14-22(21)26)30(25)17-15-19-10-4-3-5-11-19/h3-7,10-11,13-14,20H,2,8-9,12,15-18H2,1H3/t20-/m1/s1. The molecule has 0 saturated carbocycles. The summed E-state index contributed by atoms with van der Waals surface area (Å²) >= 11 is 1.39. The molecule has 5 nitrogen and oxygen atoms in total. The van der Waals surface area contributed by atoms with Crippen LogP contribution in [-0.4, -0.2) is 43.9 Å². The Bertz CT molecular complexity index is 1040. The fourth-order valence-corrected chi connectivity index (χ4v) is 5.14. The first-order chi connectivity index (χ1) is 15.7. The van der Waals surface area contributed by atoms with Gasteiger partial charge in [-0.2, -0.15) is 0 Å². The van der Waals surface area contributed by atoms with Gasteiger partial charge in [0.15, 0.2) is 11.0 Å². The number of aromatic nitrogens is 3. The van der Waals surface area contributed by atoms with Crippen molar-refractivity contribution >= 4 is 17.7 Å². The molecule has 1 atom stereocenters. The van der Waals surface area contributed by atoms with Crippen molar-refractivity contribution in [1.29, 1.82) is 0 Å². The first-order valence-corrected chi connectivity index (χ1v) is 12.3. The van der Waals surface area contributed by atoms with Crippen LogP contribution in [0.4, 0.5) is 4.39 Å². The third-order valence-electron chi connectivity index (χ3n) is 6.04. The first kappa shape index (κ1) is 22.5. The van der Waals surface area contributed by atoms with Gasteiger partial charge in [0.2, 0.25) is 5.91 Å². The van der Waals surface area contributed by atoms with Gasteiger partial charge in [-0.1, -0.05) is 61.2 Å². The van der Waals surface area contributed by atoms with E-state index >= 15 is 0 Å². The summed E-state index contributed by atoms with van der Waals surface area (Å²) < 4.78 is 16.5. The number of nitrogens with zero attached hydrogens (tertiary/aromatic N) is 4. The van der Waals surface area contributed by atoms with Crippen LogP contribution in [0.15, 0.2) is 59.8 Å². The molecule has 0 spiro atoms. The molecular formula is C25H29FN4OS. The highest BCUT2D eigenvalue weighted by Crippen LogP contribution is 2.27. The zero-order valence-corrected chi connectivity index (χ0v) is 19.2. The van der Waals surface area contributed by atoms with Gasteiger partial charge in [-0.3, -0.25) is 4.79 Å². The van der Waals surface area contributed by atoms with Gasteiger partial charge in [0, 0.05) is 19.1 Å². The molecule has 3 aromatic rings. The zero-order valence-electron chi connectivity index (χ0n) is 18.4. The molecule has 1 aliphatic rings. The second kappa shape index (κ2) is 10.8. The van der Waals surface area contributed by atoms with Gasteiger partial charge in [0.1, 0.15) is 5.82 Å². The summed E-state index contributed by atoms with van der Waals surface area (Å²) in [4.78, 5) is 15.0. The Hall–Kier alpha value is -2.67. The van der Waals surface area contributed by atoms with Crippen LogP contribution in [0.25, 0.3) is 11.4 Å². The number of carbonyl (C=O) groups is 1. The van der Waals surface area contributed by atoms with Crippen LogP contribution < -0.4 is 0 Å². The number of rotatable bonds is 8. The van der Waals surface area contributed by atoms with Gasteiger partial charge in [-0.15, -0.1) is 10.2 Å². The Morgan fingerprint density at radius 2 is 1.88 bits per heavy atom. The third-order valence-corrected chi connectivity index (χ3v) is 6.99. The molecule has 1 fully saturated rings. The second-order valence-electron chi connectivity index (χ2n) is 8.11. The van der Waals surface area contributed by atoms with Crippen molar-refractivity contribution in [3.63, 3.8) is 0 Å². The fraction of sp³-hybridized carbons (Fsp3) is 0.400. The minimum absolute atomic E-state index is 0.145. The molecule has 1 saturated heterocycles. The molecule has 2 heterocycles. The number of amides is 1. The van der Waals surface area contributed by atoms with Crippen LogP contribution in [0, 0.1) is 5.82 Å². The molecule has 0 bridgehead atoms. The van der Waals surface area contributed by atoms with Crippen molar-refractivity contribution in [3.8, 4) is 11.4 Å². The lowest BCUT2D eigenvalue weighted by molar-refractivity contribution is -0.132. The normalized spacial score (nSPS) is 16.3. The molecule has 0 radical (unpaired) electrons. The van der Waals surface area contributed by atoms with Crippen molar-refractivity contribution in [2.24, 2.45) is 0 Å². The van der Waals surface area contributed by atoms with Gasteiger partial charge in [-0.25, -0.2) is 4.39 Å². The maximum absolute atomic E-state index is 14.5. The summed E-state index contributed by atoms with van der Waals surface area (Å²) in [7, 11) is 0. The Kier molecular flexibility index (Phi) is 7.58. The van der Waals surface area contributed by atoms with Crippen molar-refractivity contribution in [1.82, 2.24) is 19.7 Å². The number of hydrogen-bond acceptors (Lipinski definition) is 4. The van der Waals surface area contributed by atoms with E-state index in [9.17, 15) is 9.18 Å². The van der Waals surface area contributed by atoms with Crippen LogP contribution >= 0.6 is 11.8 Å². The van der Waals surface area contributed by atoms with Crippen LogP contribution in [-0.2, 0) is 17.8 Å². The topological polar surface area (TPSA) is 51.0 Å². The van der Waals surface area contributed by atoms with Crippen LogP contribution in [0.3, 0.4) is 0 Å². The van der Waals surface area contributed by atoms with E-state index < -0.39 is 0 Å². The largest absolute Gasteiger partial charge is 0.339 e. The van der Waals surface area contributed by atoms with Crippen molar-refractivity contribution in [2.45, 2.75) is 56.8 Å². The first-order valence-electron chi connectivity index (χ1n) is 11.3. The van der Waals surface area contributed by atoms with Crippen LogP contribution in [0.1, 0.15) is 38.2 Å². The van der Waals surface area contributed by atoms with Crippen LogP contribution in [0.5, 0.6) is 0 Å². The van der Waals surface area contributed by atoms with Crippen molar-refractivity contribution < 1.29 is 9.18 Å². The average molecular weight is 453 g/mol. The lowest BCUT2D eigenvalue weighted by Crippen LogP contribution is -2.44. The molecule has 0 aliphatic carbocycles.